The van der Waals surface area contributed by atoms with Crippen molar-refractivity contribution in [2.45, 2.75) is 33.3 Å². The molecule has 0 unspecified atom stereocenters. The average Bonchev–Trinajstić information content (AvgIpc) is 1.85. The van der Waals surface area contributed by atoms with Gasteiger partial charge in [0.05, 0.1) is 5.60 Å². The van der Waals surface area contributed by atoms with Gasteiger partial charge in [-0.15, -0.1) is 0 Å². The second-order valence-corrected chi connectivity index (χ2v) is 3.70. The van der Waals surface area contributed by atoms with Gasteiger partial charge in [-0.1, -0.05) is 6.07 Å². The molecule has 1 aromatic heterocycles. The predicted molar refractivity (Wildman–Crippen MR) is 50.9 cm³/mol. The van der Waals surface area contributed by atoms with Crippen molar-refractivity contribution in [2.75, 3.05) is 0 Å². The number of nitrogens with zero attached hydrogens (tertiary/aromatic N) is 1. The predicted octanol–water partition coefficient (Wildman–Crippen LogP) is 2.17. The Labute approximate surface area is 74.3 Å². The van der Waals surface area contributed by atoms with Crippen LogP contribution in [0, 0.1) is 6.92 Å². The van der Waals surface area contributed by atoms with Crippen molar-refractivity contribution >= 4 is 0 Å². The van der Waals surface area contributed by atoms with Crippen LogP contribution < -0.4 is 0 Å². The molecule has 0 saturated carbocycles. The maximum atomic E-state index is 8.52. The second-order valence-electron chi connectivity index (χ2n) is 3.70. The van der Waals surface area contributed by atoms with Gasteiger partial charge in [0.2, 0.25) is 0 Å². The van der Waals surface area contributed by atoms with Gasteiger partial charge in [-0.3, -0.25) is 4.98 Å². The maximum Gasteiger partial charge on any atom is 0.0563 e. The Morgan fingerprint density at radius 2 is 1.83 bits per heavy atom. The molecular weight excluding hydrogens is 150 g/mol. The summed E-state index contributed by atoms with van der Waals surface area (Å²) in [5.74, 6) is 0. The van der Waals surface area contributed by atoms with Crippen molar-refractivity contribution in [3.05, 3.63) is 30.1 Å². The molecule has 1 N–H and O–H groups in total. The van der Waals surface area contributed by atoms with Crippen LogP contribution in [0.1, 0.15) is 26.3 Å². The zero-order valence-electron chi connectivity index (χ0n) is 8.20. The Hall–Kier alpha value is -0.890. The van der Waals surface area contributed by atoms with Crippen molar-refractivity contribution in [3.8, 4) is 0 Å². The first-order valence-electron chi connectivity index (χ1n) is 3.98. The molecule has 2 nitrogen and oxygen atoms in total. The van der Waals surface area contributed by atoms with Crippen molar-refractivity contribution in [3.63, 3.8) is 0 Å². The molecule has 0 amide bonds. The first kappa shape index (κ1) is 11.1. The normalized spacial score (nSPS) is 10.1. The largest absolute Gasteiger partial charge is 0.391 e. The topological polar surface area (TPSA) is 33.1 Å². The Morgan fingerprint density at radius 3 is 2.00 bits per heavy atom. The van der Waals surface area contributed by atoms with Crippen molar-refractivity contribution in [1.29, 1.82) is 0 Å². The van der Waals surface area contributed by atoms with Crippen LogP contribution in [0.2, 0.25) is 0 Å². The van der Waals surface area contributed by atoms with E-state index in [1.165, 1.54) is 5.56 Å². The van der Waals surface area contributed by atoms with Crippen LogP contribution in [0.25, 0.3) is 0 Å². The summed E-state index contributed by atoms with van der Waals surface area (Å²) in [7, 11) is 0. The zero-order valence-corrected chi connectivity index (χ0v) is 8.20. The minimum Gasteiger partial charge on any atom is -0.391 e. The lowest BCUT2D eigenvalue weighted by Gasteiger charge is -2.04. The molecular formula is C10H17NO. The molecule has 0 aliphatic heterocycles. The quantitative estimate of drug-likeness (QED) is 0.642. The van der Waals surface area contributed by atoms with Gasteiger partial charge in [0.25, 0.3) is 0 Å². The highest BCUT2D eigenvalue weighted by atomic mass is 16.3. The number of hydrogen-bond acceptors (Lipinski definition) is 2. The molecule has 1 heterocycles. The molecule has 0 aliphatic carbocycles. The number of hydrogen-bond donors (Lipinski definition) is 1. The lowest BCUT2D eigenvalue weighted by Crippen LogP contribution is -2.10. The summed E-state index contributed by atoms with van der Waals surface area (Å²) in [4.78, 5) is 3.88. The van der Waals surface area contributed by atoms with E-state index in [2.05, 4.69) is 4.98 Å². The molecule has 2 heteroatoms. The van der Waals surface area contributed by atoms with Gasteiger partial charge in [0.15, 0.2) is 0 Å². The van der Waals surface area contributed by atoms with Crippen molar-refractivity contribution in [1.82, 2.24) is 4.98 Å². The fourth-order valence-corrected chi connectivity index (χ4v) is 0.448. The third-order valence-corrected chi connectivity index (χ3v) is 0.809. The Morgan fingerprint density at radius 1 is 1.33 bits per heavy atom. The summed E-state index contributed by atoms with van der Waals surface area (Å²) in [6.45, 7) is 7.25. The SMILES string of the molecule is CC(C)(C)O.Cc1cccnc1. The van der Waals surface area contributed by atoms with Gasteiger partial charge in [0.1, 0.15) is 0 Å². The smallest absolute Gasteiger partial charge is 0.0563 e. The second kappa shape index (κ2) is 4.88. The number of rotatable bonds is 0. The van der Waals surface area contributed by atoms with Gasteiger partial charge in [-0.25, -0.2) is 0 Å². The Bertz CT molecular complexity index is 195. The fourth-order valence-electron chi connectivity index (χ4n) is 0.448. The molecule has 0 fully saturated rings. The molecule has 0 atom stereocenters. The maximum absolute atomic E-state index is 8.52. The monoisotopic (exact) mass is 167 g/mol. The van der Waals surface area contributed by atoms with E-state index in [1.807, 2.05) is 25.3 Å². The molecule has 12 heavy (non-hydrogen) atoms. The van der Waals surface area contributed by atoms with E-state index in [0.29, 0.717) is 0 Å². The van der Waals surface area contributed by atoms with E-state index >= 15 is 0 Å². The van der Waals surface area contributed by atoms with Crippen LogP contribution in [-0.4, -0.2) is 15.7 Å². The van der Waals surface area contributed by atoms with Gasteiger partial charge >= 0.3 is 0 Å². The highest BCUT2D eigenvalue weighted by Gasteiger charge is 1.97. The lowest BCUT2D eigenvalue weighted by molar-refractivity contribution is 0.102. The van der Waals surface area contributed by atoms with Crippen LogP contribution in [0.4, 0.5) is 0 Å². The molecule has 1 aromatic rings. The summed E-state index contributed by atoms with van der Waals surface area (Å²) in [5.41, 5.74) is 0.711. The first-order chi connectivity index (χ1) is 5.39. The minimum atomic E-state index is -0.500. The summed E-state index contributed by atoms with van der Waals surface area (Å²) < 4.78 is 0. The molecule has 0 bridgehead atoms. The Balaban J connectivity index is 0.000000217. The van der Waals surface area contributed by atoms with Crippen LogP contribution >= 0.6 is 0 Å². The number of aromatic nitrogens is 1. The van der Waals surface area contributed by atoms with Crippen molar-refractivity contribution < 1.29 is 5.11 Å². The van der Waals surface area contributed by atoms with E-state index in [4.69, 9.17) is 5.11 Å². The average molecular weight is 167 g/mol. The minimum absolute atomic E-state index is 0.500. The van der Waals surface area contributed by atoms with Crippen LogP contribution in [0.3, 0.4) is 0 Å². The standard InChI is InChI=1S/C6H7N.C4H10O/c1-6-3-2-4-7-5-6;1-4(2,3)5/h2-5H,1H3;5H,1-3H3. The van der Waals surface area contributed by atoms with E-state index in [-0.39, 0.29) is 0 Å². The fraction of sp³-hybridized carbons (Fsp3) is 0.500. The summed E-state index contributed by atoms with van der Waals surface area (Å²) in [5, 5.41) is 8.52. The number of pyridine rings is 1. The summed E-state index contributed by atoms with van der Waals surface area (Å²) in [6, 6.07) is 3.95. The van der Waals surface area contributed by atoms with E-state index in [9.17, 15) is 0 Å². The van der Waals surface area contributed by atoms with E-state index in [1.54, 1.807) is 27.0 Å². The highest BCUT2D eigenvalue weighted by Crippen LogP contribution is 1.93. The number of aryl methyl sites for hydroxylation is 1. The third-order valence-electron chi connectivity index (χ3n) is 0.809. The molecule has 0 saturated heterocycles. The van der Waals surface area contributed by atoms with Crippen LogP contribution in [0.15, 0.2) is 24.5 Å². The van der Waals surface area contributed by atoms with Gasteiger partial charge in [-0.2, -0.15) is 0 Å². The first-order valence-corrected chi connectivity index (χ1v) is 3.98. The van der Waals surface area contributed by atoms with Gasteiger partial charge < -0.3 is 5.11 Å². The highest BCUT2D eigenvalue weighted by molar-refractivity contribution is 5.04. The molecule has 0 spiro atoms. The summed E-state index contributed by atoms with van der Waals surface area (Å²) >= 11 is 0. The summed E-state index contributed by atoms with van der Waals surface area (Å²) in [6.07, 6.45) is 3.60. The lowest BCUT2D eigenvalue weighted by atomic mass is 10.2. The number of aliphatic hydroxyl groups is 1. The van der Waals surface area contributed by atoms with Gasteiger partial charge in [0, 0.05) is 12.4 Å². The molecule has 0 aromatic carbocycles. The molecule has 1 rings (SSSR count). The van der Waals surface area contributed by atoms with Gasteiger partial charge in [-0.05, 0) is 39.3 Å². The van der Waals surface area contributed by atoms with Crippen LogP contribution in [-0.2, 0) is 0 Å². The van der Waals surface area contributed by atoms with Crippen molar-refractivity contribution in [2.24, 2.45) is 0 Å². The molecule has 0 aliphatic rings. The molecule has 0 radical (unpaired) electrons. The van der Waals surface area contributed by atoms with E-state index < -0.39 is 5.60 Å². The Kier molecular flexibility index (Phi) is 4.52. The zero-order chi connectivity index (χ0) is 9.61. The van der Waals surface area contributed by atoms with E-state index in [0.717, 1.165) is 0 Å². The molecule has 68 valence electrons. The van der Waals surface area contributed by atoms with Crippen LogP contribution in [0.5, 0.6) is 0 Å². The third kappa shape index (κ3) is 11.9.